The first-order chi connectivity index (χ1) is 14.8. The smallest absolute Gasteiger partial charge is 0.135 e. The average molecular weight is 439 g/mol. The fraction of sp³-hybridized carbons (Fsp3) is 0.500. The first-order valence-corrected chi connectivity index (χ1v) is 11.7. The second kappa shape index (κ2) is 9.09. The lowest BCUT2D eigenvalue weighted by molar-refractivity contribution is -0.116. The van der Waals surface area contributed by atoms with Gasteiger partial charge in [0.25, 0.3) is 0 Å². The van der Waals surface area contributed by atoms with Crippen LogP contribution in [0.3, 0.4) is 0 Å². The normalized spacial score (nSPS) is 15.5. The Morgan fingerprint density at radius 1 is 1.16 bits per heavy atom. The van der Waals surface area contributed by atoms with Crippen molar-refractivity contribution in [3.05, 3.63) is 41.9 Å². The Kier molecular flexibility index (Phi) is 6.44. The van der Waals surface area contributed by atoms with Gasteiger partial charge in [0.1, 0.15) is 16.6 Å². The third kappa shape index (κ3) is 5.33. The van der Waals surface area contributed by atoms with E-state index in [2.05, 4.69) is 53.7 Å². The molecule has 164 valence electrons. The Morgan fingerprint density at radius 2 is 1.94 bits per heavy atom. The second-order valence-corrected chi connectivity index (χ2v) is 10.4. The summed E-state index contributed by atoms with van der Waals surface area (Å²) in [5, 5.41) is 9.25. The van der Waals surface area contributed by atoms with Crippen LogP contribution in [-0.4, -0.2) is 38.7 Å². The number of imidazole rings is 1. The van der Waals surface area contributed by atoms with Gasteiger partial charge < -0.3 is 9.30 Å². The number of fused-ring (bicyclic) bond motifs is 1. The summed E-state index contributed by atoms with van der Waals surface area (Å²) in [4.78, 5) is 17.4. The molecule has 31 heavy (non-hydrogen) atoms. The molecule has 3 aromatic rings. The molecule has 1 aliphatic heterocycles. The van der Waals surface area contributed by atoms with Gasteiger partial charge in [0.05, 0.1) is 23.1 Å². The van der Waals surface area contributed by atoms with Gasteiger partial charge in [0.2, 0.25) is 0 Å². The van der Waals surface area contributed by atoms with Crippen LogP contribution in [0.25, 0.3) is 11.0 Å². The molecule has 0 N–H and O–H groups in total. The number of ether oxygens (including phenoxy) is 1. The summed E-state index contributed by atoms with van der Waals surface area (Å²) in [5.41, 5.74) is 2.87. The lowest BCUT2D eigenvalue weighted by Gasteiger charge is -2.26. The average Bonchev–Trinajstić information content (AvgIpc) is 3.08. The van der Waals surface area contributed by atoms with Crippen LogP contribution in [0.1, 0.15) is 52.1 Å². The minimum atomic E-state index is -0.0322. The summed E-state index contributed by atoms with van der Waals surface area (Å²) in [7, 11) is 0. The Bertz CT molecular complexity index is 1060. The van der Waals surface area contributed by atoms with Crippen LogP contribution in [0.2, 0.25) is 0 Å². The minimum absolute atomic E-state index is 0.0322. The molecule has 7 heteroatoms. The highest BCUT2D eigenvalue weighted by atomic mass is 32.2. The van der Waals surface area contributed by atoms with Crippen LogP contribution in [-0.2, 0) is 27.9 Å². The Balaban J connectivity index is 1.60. The summed E-state index contributed by atoms with van der Waals surface area (Å²) in [5.74, 6) is 1.85. The number of nitrogens with zero attached hydrogens (tertiary/aromatic N) is 4. The molecule has 0 spiro atoms. The Hall–Kier alpha value is -2.25. The monoisotopic (exact) mass is 438 g/mol. The van der Waals surface area contributed by atoms with Crippen molar-refractivity contribution in [2.24, 2.45) is 5.92 Å². The molecule has 6 nitrogen and oxygen atoms in total. The van der Waals surface area contributed by atoms with Gasteiger partial charge in [-0.3, -0.25) is 4.79 Å². The molecule has 0 bridgehead atoms. The molecule has 4 rings (SSSR count). The molecule has 0 atom stereocenters. The van der Waals surface area contributed by atoms with Gasteiger partial charge in [-0.2, -0.15) is 5.10 Å². The highest BCUT2D eigenvalue weighted by molar-refractivity contribution is 7.99. The van der Waals surface area contributed by atoms with Gasteiger partial charge in [-0.15, -0.1) is 5.10 Å². The third-order valence-electron chi connectivity index (χ3n) is 5.52. The van der Waals surface area contributed by atoms with E-state index in [-0.39, 0.29) is 11.2 Å². The van der Waals surface area contributed by atoms with Crippen molar-refractivity contribution in [3.63, 3.8) is 0 Å². The summed E-state index contributed by atoms with van der Waals surface area (Å²) >= 11 is 1.56. The number of Topliss-reactive ketones (excluding diaryl/α,β-unsaturated/α-hetero) is 1. The fourth-order valence-electron chi connectivity index (χ4n) is 3.99. The van der Waals surface area contributed by atoms with Crippen LogP contribution >= 0.6 is 11.8 Å². The van der Waals surface area contributed by atoms with Crippen molar-refractivity contribution in [1.82, 2.24) is 19.7 Å². The highest BCUT2D eigenvalue weighted by Gasteiger charge is 2.25. The summed E-state index contributed by atoms with van der Waals surface area (Å²) < 4.78 is 7.96. The standard InChI is InChI=1S/C24H30N4O2S/c1-16(29)13-18-5-8-22(27-26-18)31-19-6-7-21-20(14-19)25-23(24(2,3)4)28(21)15-17-9-11-30-12-10-17/h5-8,14,17H,9-13,15H2,1-4H3. The first kappa shape index (κ1) is 22.0. The van der Waals surface area contributed by atoms with Gasteiger partial charge in [0, 0.05) is 30.1 Å². The largest absolute Gasteiger partial charge is 0.381 e. The first-order valence-electron chi connectivity index (χ1n) is 10.9. The predicted octanol–water partition coefficient (Wildman–Crippen LogP) is 4.83. The van der Waals surface area contributed by atoms with Crippen molar-refractivity contribution in [1.29, 1.82) is 0 Å². The number of ketones is 1. The van der Waals surface area contributed by atoms with Crippen molar-refractivity contribution in [2.45, 2.75) is 68.8 Å². The van der Waals surface area contributed by atoms with Gasteiger partial charge in [-0.25, -0.2) is 4.98 Å². The van der Waals surface area contributed by atoms with Crippen LogP contribution in [0.4, 0.5) is 0 Å². The van der Waals surface area contributed by atoms with E-state index in [1.807, 2.05) is 12.1 Å². The van der Waals surface area contributed by atoms with Crippen LogP contribution < -0.4 is 0 Å². The van der Waals surface area contributed by atoms with Crippen molar-refractivity contribution in [3.8, 4) is 0 Å². The lowest BCUT2D eigenvalue weighted by Crippen LogP contribution is -2.25. The van der Waals surface area contributed by atoms with Crippen LogP contribution in [0.5, 0.6) is 0 Å². The molecule has 0 radical (unpaired) electrons. The predicted molar refractivity (Wildman–Crippen MR) is 123 cm³/mol. The number of rotatable bonds is 6. The SMILES string of the molecule is CC(=O)Cc1ccc(Sc2ccc3c(c2)nc(C(C)(C)C)n3CC2CCOCC2)nn1. The summed E-state index contributed by atoms with van der Waals surface area (Å²) in [6, 6.07) is 10.2. The quantitative estimate of drug-likeness (QED) is 0.549. The van der Waals surface area contributed by atoms with Crippen molar-refractivity contribution >= 4 is 28.6 Å². The molecule has 1 fully saturated rings. The fourth-order valence-corrected chi connectivity index (χ4v) is 4.76. The van der Waals surface area contributed by atoms with E-state index in [0.717, 1.165) is 53.9 Å². The molecule has 0 saturated carbocycles. The number of hydrogen-bond acceptors (Lipinski definition) is 6. The van der Waals surface area contributed by atoms with Crippen LogP contribution in [0, 0.1) is 5.92 Å². The highest BCUT2D eigenvalue weighted by Crippen LogP contribution is 2.33. The number of aromatic nitrogens is 4. The molecule has 3 heterocycles. The number of hydrogen-bond donors (Lipinski definition) is 0. The van der Waals surface area contributed by atoms with Crippen molar-refractivity contribution < 1.29 is 9.53 Å². The summed E-state index contributed by atoms with van der Waals surface area (Å²) in [6.07, 6.45) is 2.54. The maximum absolute atomic E-state index is 11.3. The Labute approximate surface area is 187 Å². The zero-order chi connectivity index (χ0) is 22.0. The molecule has 0 amide bonds. The van der Waals surface area contributed by atoms with E-state index >= 15 is 0 Å². The maximum atomic E-state index is 11.3. The van der Waals surface area contributed by atoms with Gasteiger partial charge >= 0.3 is 0 Å². The van der Waals surface area contributed by atoms with Crippen molar-refractivity contribution in [2.75, 3.05) is 13.2 Å². The second-order valence-electron chi connectivity index (χ2n) is 9.35. The zero-order valence-corrected chi connectivity index (χ0v) is 19.5. The van der Waals surface area contributed by atoms with Gasteiger partial charge in [-0.05, 0) is 56.0 Å². The number of benzene rings is 1. The van der Waals surface area contributed by atoms with Gasteiger partial charge in [0.15, 0.2) is 0 Å². The molecular formula is C24H30N4O2S. The van der Waals surface area contributed by atoms with E-state index in [9.17, 15) is 4.79 Å². The number of carbonyl (C=O) groups is 1. The lowest BCUT2D eigenvalue weighted by atomic mass is 9.94. The van der Waals surface area contributed by atoms with E-state index in [1.54, 1.807) is 18.7 Å². The molecular weight excluding hydrogens is 408 g/mol. The summed E-state index contributed by atoms with van der Waals surface area (Å²) in [6.45, 7) is 10.9. The van der Waals surface area contributed by atoms with E-state index in [4.69, 9.17) is 9.72 Å². The maximum Gasteiger partial charge on any atom is 0.135 e. The minimum Gasteiger partial charge on any atom is -0.381 e. The molecule has 1 saturated heterocycles. The number of carbonyl (C=O) groups excluding carboxylic acids is 1. The zero-order valence-electron chi connectivity index (χ0n) is 18.7. The molecule has 1 aromatic carbocycles. The van der Waals surface area contributed by atoms with E-state index < -0.39 is 0 Å². The molecule has 1 aliphatic rings. The Morgan fingerprint density at radius 3 is 2.58 bits per heavy atom. The van der Waals surface area contributed by atoms with E-state index in [1.165, 1.54) is 5.52 Å². The van der Waals surface area contributed by atoms with Gasteiger partial charge in [-0.1, -0.05) is 32.5 Å². The molecule has 0 aliphatic carbocycles. The molecule has 0 unspecified atom stereocenters. The molecule has 2 aromatic heterocycles. The van der Waals surface area contributed by atoms with E-state index in [0.29, 0.717) is 18.0 Å². The van der Waals surface area contributed by atoms with Crippen LogP contribution in [0.15, 0.2) is 40.3 Å². The topological polar surface area (TPSA) is 69.9 Å². The third-order valence-corrected chi connectivity index (χ3v) is 6.44.